The van der Waals surface area contributed by atoms with Gasteiger partial charge >= 0.3 is 13.8 Å². The lowest BCUT2D eigenvalue weighted by Crippen LogP contribution is -2.29. The topological polar surface area (TPSA) is 132 Å². The zero-order chi connectivity index (χ0) is 46.7. The van der Waals surface area contributed by atoms with E-state index in [1.807, 2.05) is 0 Å². The molecule has 0 aromatic carbocycles. The van der Waals surface area contributed by atoms with Gasteiger partial charge in [0.2, 0.25) is 0 Å². The second kappa shape index (κ2) is 51.1. The summed E-state index contributed by atoms with van der Waals surface area (Å²) >= 11 is 0. The zero-order valence-electron chi connectivity index (χ0n) is 41.8. The Morgan fingerprint density at radius 2 is 0.844 bits per heavy atom. The van der Waals surface area contributed by atoms with E-state index in [9.17, 15) is 19.4 Å². The Morgan fingerprint density at radius 1 is 0.484 bits per heavy atom. The van der Waals surface area contributed by atoms with Crippen molar-refractivity contribution in [3.8, 4) is 0 Å². The summed E-state index contributed by atoms with van der Waals surface area (Å²) in [5.74, 6) is -0.390. The van der Waals surface area contributed by atoms with E-state index in [0.29, 0.717) is 13.0 Å². The van der Waals surface area contributed by atoms with Crippen molar-refractivity contribution in [3.63, 3.8) is 0 Å². The Balaban J connectivity index is 4.05. The van der Waals surface area contributed by atoms with Gasteiger partial charge in [-0.05, 0) is 51.4 Å². The van der Waals surface area contributed by atoms with Crippen molar-refractivity contribution >= 4 is 13.8 Å². The fourth-order valence-electron chi connectivity index (χ4n) is 7.72. The fraction of sp³-hybridized carbons (Fsp3) is 0.870. The van der Waals surface area contributed by atoms with Gasteiger partial charge in [-0.25, -0.2) is 4.57 Å². The highest BCUT2D eigenvalue weighted by Gasteiger charge is 2.26. The van der Waals surface area contributed by atoms with Gasteiger partial charge < -0.3 is 24.6 Å². The second-order valence-electron chi connectivity index (χ2n) is 18.3. The molecule has 0 radical (unpaired) electrons. The number of unbranched alkanes of at least 4 members (excludes halogenated alkanes) is 32. The molecule has 64 heavy (non-hydrogen) atoms. The minimum atomic E-state index is -4.53. The number of phosphoric acid groups is 1. The third-order valence-electron chi connectivity index (χ3n) is 11.8. The number of aliphatic hydroxyl groups is 2. The molecule has 378 valence electrons. The van der Waals surface area contributed by atoms with Crippen LogP contribution in [0.4, 0.5) is 0 Å². The number of carbonyl (C=O) groups is 1. The van der Waals surface area contributed by atoms with Gasteiger partial charge in [-0.3, -0.25) is 13.8 Å². The maximum atomic E-state index is 12.7. The van der Waals surface area contributed by atoms with Crippen molar-refractivity contribution in [2.24, 2.45) is 0 Å². The van der Waals surface area contributed by atoms with Crippen LogP contribution in [0, 0.1) is 0 Å². The van der Waals surface area contributed by atoms with E-state index >= 15 is 0 Å². The molecular formula is C54H103O9P. The molecule has 0 aromatic rings. The van der Waals surface area contributed by atoms with Crippen LogP contribution in [0.2, 0.25) is 0 Å². The predicted molar refractivity (Wildman–Crippen MR) is 270 cm³/mol. The van der Waals surface area contributed by atoms with Gasteiger partial charge in [0.1, 0.15) is 12.2 Å². The molecule has 9 nitrogen and oxygen atoms in total. The first-order valence-electron chi connectivity index (χ1n) is 27.0. The molecule has 0 rings (SSSR count). The highest BCUT2D eigenvalue weighted by molar-refractivity contribution is 7.47. The molecule has 10 heteroatoms. The largest absolute Gasteiger partial charge is 0.472 e. The summed E-state index contributed by atoms with van der Waals surface area (Å²) in [6.07, 6.45) is 58.3. The van der Waals surface area contributed by atoms with Crippen LogP contribution in [-0.2, 0) is 27.9 Å². The van der Waals surface area contributed by atoms with Gasteiger partial charge in [-0.2, -0.15) is 0 Å². The summed E-state index contributed by atoms with van der Waals surface area (Å²) < 4.78 is 33.6. The lowest BCUT2D eigenvalue weighted by atomic mass is 10.0. The Morgan fingerprint density at radius 3 is 1.27 bits per heavy atom. The first-order chi connectivity index (χ1) is 31.3. The summed E-state index contributed by atoms with van der Waals surface area (Å²) in [6.45, 7) is 3.55. The predicted octanol–water partition coefficient (Wildman–Crippen LogP) is 15.9. The number of ether oxygens (including phenoxy) is 2. The second-order valence-corrected chi connectivity index (χ2v) is 19.7. The van der Waals surface area contributed by atoms with E-state index in [2.05, 4.69) is 50.3 Å². The van der Waals surface area contributed by atoms with Crippen LogP contribution >= 0.6 is 7.82 Å². The highest BCUT2D eigenvalue weighted by Crippen LogP contribution is 2.43. The normalized spacial score (nSPS) is 14.0. The maximum absolute atomic E-state index is 12.7. The minimum absolute atomic E-state index is 0.0473. The monoisotopic (exact) mass is 927 g/mol. The van der Waals surface area contributed by atoms with Crippen LogP contribution in [-0.4, -0.2) is 66.3 Å². The number of hydrogen-bond acceptors (Lipinski definition) is 8. The smallest absolute Gasteiger partial charge is 0.457 e. The van der Waals surface area contributed by atoms with Gasteiger partial charge in [0.05, 0.1) is 26.4 Å². The van der Waals surface area contributed by atoms with E-state index in [4.69, 9.17) is 23.6 Å². The van der Waals surface area contributed by atoms with Crippen LogP contribution in [0.25, 0.3) is 0 Å². The highest BCUT2D eigenvalue weighted by atomic mass is 31.2. The Labute approximate surface area is 395 Å². The third kappa shape index (κ3) is 50.1. The first-order valence-corrected chi connectivity index (χ1v) is 28.5. The summed E-state index contributed by atoms with van der Waals surface area (Å²) in [4.78, 5) is 22.7. The van der Waals surface area contributed by atoms with Gasteiger partial charge in [0, 0.05) is 13.0 Å². The molecule has 0 saturated heterocycles. The summed E-state index contributed by atoms with van der Waals surface area (Å²) in [5.41, 5.74) is 0. The Hall–Kier alpha value is -1.32. The van der Waals surface area contributed by atoms with Crippen molar-refractivity contribution in [2.45, 2.75) is 270 Å². The quantitative estimate of drug-likeness (QED) is 0.0236. The van der Waals surface area contributed by atoms with Gasteiger partial charge in [0.15, 0.2) is 0 Å². The van der Waals surface area contributed by atoms with Crippen LogP contribution in [0.3, 0.4) is 0 Å². The molecule has 0 aliphatic heterocycles. The van der Waals surface area contributed by atoms with E-state index in [1.54, 1.807) is 0 Å². The van der Waals surface area contributed by atoms with Crippen LogP contribution < -0.4 is 0 Å². The van der Waals surface area contributed by atoms with Crippen LogP contribution in [0.1, 0.15) is 258 Å². The van der Waals surface area contributed by atoms with E-state index in [1.165, 1.54) is 180 Å². The van der Waals surface area contributed by atoms with Gasteiger partial charge in [0.25, 0.3) is 0 Å². The fourth-order valence-corrected chi connectivity index (χ4v) is 8.51. The molecule has 0 heterocycles. The summed E-state index contributed by atoms with van der Waals surface area (Å²) in [6, 6.07) is 0. The number of aliphatic hydroxyl groups excluding tert-OH is 2. The van der Waals surface area contributed by atoms with E-state index in [0.717, 1.165) is 51.4 Å². The first kappa shape index (κ1) is 62.7. The van der Waals surface area contributed by atoms with Crippen molar-refractivity contribution in [2.75, 3.05) is 33.0 Å². The van der Waals surface area contributed by atoms with Gasteiger partial charge in [-0.1, -0.05) is 237 Å². The van der Waals surface area contributed by atoms with E-state index < -0.39 is 33.2 Å². The van der Waals surface area contributed by atoms with Crippen molar-refractivity contribution in [1.82, 2.24) is 0 Å². The lowest BCUT2D eigenvalue weighted by Gasteiger charge is -2.20. The molecule has 3 atom stereocenters. The molecule has 0 aromatic heterocycles. The minimum Gasteiger partial charge on any atom is -0.457 e. The summed E-state index contributed by atoms with van der Waals surface area (Å²) in [5, 5.41) is 18.4. The zero-order valence-corrected chi connectivity index (χ0v) is 42.7. The van der Waals surface area contributed by atoms with E-state index in [-0.39, 0.29) is 25.6 Å². The molecule has 3 N–H and O–H groups in total. The number of phosphoric ester groups is 1. The molecular weight excluding hydrogens is 824 g/mol. The molecule has 0 saturated carbocycles. The third-order valence-corrected chi connectivity index (χ3v) is 12.8. The molecule has 0 aliphatic rings. The Bertz CT molecular complexity index is 1100. The summed E-state index contributed by atoms with van der Waals surface area (Å²) in [7, 11) is -4.53. The average Bonchev–Trinajstić information content (AvgIpc) is 3.29. The number of esters is 1. The maximum Gasteiger partial charge on any atom is 0.472 e. The number of rotatable bonds is 52. The molecule has 0 spiro atoms. The van der Waals surface area contributed by atoms with Crippen LogP contribution in [0.5, 0.6) is 0 Å². The number of allylic oxidation sites excluding steroid dienone is 6. The van der Waals surface area contributed by atoms with Crippen LogP contribution in [0.15, 0.2) is 36.5 Å². The standard InChI is InChI=1S/C54H103O9P/c1-3-5-7-9-11-13-15-17-19-21-23-25-27-29-31-33-35-37-39-41-43-45-47-60-50-53(51-62-64(58,59)61-49-52(56)48-55)63-54(57)46-44-42-40-38-36-34-32-30-28-26-24-22-20-18-16-14-12-10-8-6-4-2/h16,18,22,24,28,30,52-53,55-56H,3-15,17,19-21,23,25-27,29,31-51H2,1-2H3,(H,58,59)/b18-16-,24-22-,30-28-. The van der Waals surface area contributed by atoms with Crippen molar-refractivity contribution < 1.29 is 43.0 Å². The molecule has 3 unspecified atom stereocenters. The molecule has 0 amide bonds. The van der Waals surface area contributed by atoms with Crippen molar-refractivity contribution in [3.05, 3.63) is 36.5 Å². The molecule has 0 bridgehead atoms. The molecule has 0 fully saturated rings. The van der Waals surface area contributed by atoms with Crippen molar-refractivity contribution in [1.29, 1.82) is 0 Å². The van der Waals surface area contributed by atoms with Gasteiger partial charge in [-0.15, -0.1) is 0 Å². The average molecular weight is 927 g/mol. The SMILES string of the molecule is CCCCCCC/C=C\C/C=C\C/C=C\CCCCCCCCC(=O)OC(COCCCCCCCCCCCCCCCCCCCCCCCC)COP(=O)(O)OCC(O)CO. The molecule has 0 aliphatic carbocycles. The number of carbonyl (C=O) groups excluding carboxylic acids is 1. The number of hydrogen-bond donors (Lipinski definition) is 3. The lowest BCUT2D eigenvalue weighted by molar-refractivity contribution is -0.154. The Kier molecular flexibility index (Phi) is 50.0.